The summed E-state index contributed by atoms with van der Waals surface area (Å²) in [5.41, 5.74) is -0.434. The van der Waals surface area contributed by atoms with Crippen LogP contribution in [0.2, 0.25) is 0 Å². The van der Waals surface area contributed by atoms with Crippen molar-refractivity contribution >= 4 is 11.8 Å². The number of hydrogen-bond donors (Lipinski definition) is 0. The van der Waals surface area contributed by atoms with Gasteiger partial charge in [-0.2, -0.15) is 0 Å². The maximum atomic E-state index is 13.1. The van der Waals surface area contributed by atoms with Gasteiger partial charge in [-0.15, -0.1) is 0 Å². The van der Waals surface area contributed by atoms with Crippen molar-refractivity contribution in [2.45, 2.75) is 6.17 Å². The molecule has 1 atom stereocenters. The Hall–Kier alpha value is -1.85. The van der Waals surface area contributed by atoms with Crippen molar-refractivity contribution in [1.82, 2.24) is 0 Å². The predicted octanol–water partition coefficient (Wildman–Crippen LogP) is 1.66. The molecule has 3 nitrogen and oxygen atoms in total. The van der Waals surface area contributed by atoms with Crippen LogP contribution >= 0.6 is 0 Å². The third-order valence-electron chi connectivity index (χ3n) is 1.84. The fourth-order valence-corrected chi connectivity index (χ4v) is 1.01. The number of hydrogen-bond acceptors (Lipinski definition) is 3. The van der Waals surface area contributed by atoms with Crippen molar-refractivity contribution in [3.05, 3.63) is 35.4 Å². The second-order valence-electron chi connectivity index (χ2n) is 2.88. The molecule has 0 bridgehead atoms. The summed E-state index contributed by atoms with van der Waals surface area (Å²) in [7, 11) is 0.910. The summed E-state index contributed by atoms with van der Waals surface area (Å²) < 4.78 is 42.3. The van der Waals surface area contributed by atoms with Crippen LogP contribution in [-0.4, -0.2) is 25.0 Å². The number of methoxy groups -OCH3 is 1. The summed E-state index contributed by atoms with van der Waals surface area (Å²) in [5, 5.41) is 0. The van der Waals surface area contributed by atoms with Crippen molar-refractivity contribution < 1.29 is 27.5 Å². The highest BCUT2D eigenvalue weighted by atomic mass is 19.2. The van der Waals surface area contributed by atoms with Crippen LogP contribution in [0.5, 0.6) is 0 Å². The van der Waals surface area contributed by atoms with E-state index in [1.807, 2.05) is 0 Å². The zero-order valence-corrected chi connectivity index (χ0v) is 8.17. The number of Topliss-reactive ketones (excluding diaryl/α,β-unsaturated/α-hetero) is 1. The summed E-state index contributed by atoms with van der Waals surface area (Å²) in [6.07, 6.45) is -2.53. The summed E-state index contributed by atoms with van der Waals surface area (Å²) >= 11 is 0. The molecule has 16 heavy (non-hydrogen) atoms. The normalized spacial score (nSPS) is 12.0. The van der Waals surface area contributed by atoms with Gasteiger partial charge in [0.05, 0.1) is 7.11 Å². The largest absolute Gasteiger partial charge is 0.467 e. The van der Waals surface area contributed by atoms with Crippen molar-refractivity contribution in [1.29, 1.82) is 0 Å². The van der Waals surface area contributed by atoms with Crippen LogP contribution in [0.25, 0.3) is 0 Å². The third-order valence-corrected chi connectivity index (χ3v) is 1.84. The molecular formula is C10H7F3O3. The highest BCUT2D eigenvalue weighted by Crippen LogP contribution is 2.12. The van der Waals surface area contributed by atoms with Crippen LogP contribution in [0.1, 0.15) is 10.4 Å². The number of rotatable bonds is 3. The van der Waals surface area contributed by atoms with Crippen molar-refractivity contribution in [2.75, 3.05) is 7.11 Å². The van der Waals surface area contributed by atoms with E-state index in [0.29, 0.717) is 12.1 Å². The number of ether oxygens (including phenoxy) is 1. The van der Waals surface area contributed by atoms with Gasteiger partial charge in [0.15, 0.2) is 11.6 Å². The molecule has 0 N–H and O–H groups in total. The van der Waals surface area contributed by atoms with Gasteiger partial charge in [-0.25, -0.2) is 18.0 Å². The van der Waals surface area contributed by atoms with Crippen LogP contribution in [0.4, 0.5) is 13.2 Å². The number of esters is 1. The molecule has 1 unspecified atom stereocenters. The first kappa shape index (κ1) is 12.2. The van der Waals surface area contributed by atoms with Crippen LogP contribution in [-0.2, 0) is 9.53 Å². The Morgan fingerprint density at radius 1 is 1.25 bits per heavy atom. The van der Waals surface area contributed by atoms with Gasteiger partial charge in [-0.05, 0) is 18.2 Å². The summed E-state index contributed by atoms with van der Waals surface area (Å²) in [6.45, 7) is 0. The number of carbonyl (C=O) groups is 2. The van der Waals surface area contributed by atoms with Crippen LogP contribution in [0, 0.1) is 11.6 Å². The Bertz CT molecular complexity index is 431. The lowest BCUT2D eigenvalue weighted by atomic mass is 10.1. The Morgan fingerprint density at radius 3 is 2.38 bits per heavy atom. The molecule has 0 aliphatic heterocycles. The summed E-state index contributed by atoms with van der Waals surface area (Å²) in [4.78, 5) is 21.9. The maximum absolute atomic E-state index is 13.1. The van der Waals surface area contributed by atoms with E-state index in [0.717, 1.165) is 13.2 Å². The van der Waals surface area contributed by atoms with Crippen LogP contribution in [0.3, 0.4) is 0 Å². The molecule has 0 aliphatic carbocycles. The molecule has 0 spiro atoms. The minimum absolute atomic E-state index is 0.434. The van der Waals surface area contributed by atoms with Crippen LogP contribution in [0.15, 0.2) is 18.2 Å². The van der Waals surface area contributed by atoms with Crippen LogP contribution < -0.4 is 0 Å². The lowest BCUT2D eigenvalue weighted by molar-refractivity contribution is -0.144. The molecule has 6 heteroatoms. The van der Waals surface area contributed by atoms with Gasteiger partial charge in [0.25, 0.3) is 6.17 Å². The van der Waals surface area contributed by atoms with E-state index in [-0.39, 0.29) is 0 Å². The van der Waals surface area contributed by atoms with Gasteiger partial charge in [0, 0.05) is 5.56 Å². The number of halogens is 3. The lowest BCUT2D eigenvalue weighted by Gasteiger charge is -2.05. The van der Waals surface area contributed by atoms with E-state index in [1.54, 1.807) is 0 Å². The van der Waals surface area contributed by atoms with Crippen molar-refractivity contribution in [3.63, 3.8) is 0 Å². The molecule has 86 valence electrons. The predicted molar refractivity (Wildman–Crippen MR) is 47.6 cm³/mol. The van der Waals surface area contributed by atoms with Gasteiger partial charge in [-0.1, -0.05) is 0 Å². The van der Waals surface area contributed by atoms with E-state index in [2.05, 4.69) is 4.74 Å². The van der Waals surface area contributed by atoms with Gasteiger partial charge < -0.3 is 4.74 Å². The summed E-state index contributed by atoms with van der Waals surface area (Å²) in [5.74, 6) is -5.10. The average Bonchev–Trinajstić information content (AvgIpc) is 2.29. The van der Waals surface area contributed by atoms with E-state index in [4.69, 9.17) is 0 Å². The van der Waals surface area contributed by atoms with E-state index in [1.165, 1.54) is 0 Å². The number of carbonyl (C=O) groups excluding carboxylic acids is 2. The SMILES string of the molecule is COC(=O)C(F)C(=O)c1ccc(F)c(F)c1. The smallest absolute Gasteiger partial charge is 0.348 e. The first-order valence-corrected chi connectivity index (χ1v) is 4.18. The van der Waals surface area contributed by atoms with Crippen molar-refractivity contribution in [3.8, 4) is 0 Å². The van der Waals surface area contributed by atoms with E-state index >= 15 is 0 Å². The van der Waals surface area contributed by atoms with E-state index < -0.39 is 35.1 Å². The third kappa shape index (κ3) is 2.39. The van der Waals surface area contributed by atoms with Gasteiger partial charge >= 0.3 is 5.97 Å². The minimum atomic E-state index is -2.53. The molecule has 0 heterocycles. The second kappa shape index (κ2) is 4.78. The Kier molecular flexibility index (Phi) is 3.65. The monoisotopic (exact) mass is 232 g/mol. The fourth-order valence-electron chi connectivity index (χ4n) is 1.01. The minimum Gasteiger partial charge on any atom is -0.467 e. The first-order chi connectivity index (χ1) is 7.47. The number of alkyl halides is 1. The zero-order chi connectivity index (χ0) is 12.3. The molecule has 0 amide bonds. The molecule has 1 rings (SSSR count). The Labute approximate surface area is 88.8 Å². The molecule has 0 aliphatic rings. The van der Waals surface area contributed by atoms with E-state index in [9.17, 15) is 22.8 Å². The fraction of sp³-hybridized carbons (Fsp3) is 0.200. The molecule has 1 aromatic carbocycles. The molecule has 1 aromatic rings. The lowest BCUT2D eigenvalue weighted by Crippen LogP contribution is -2.27. The molecule has 0 saturated heterocycles. The Morgan fingerprint density at radius 2 is 1.88 bits per heavy atom. The first-order valence-electron chi connectivity index (χ1n) is 4.18. The molecular weight excluding hydrogens is 225 g/mol. The van der Waals surface area contributed by atoms with Gasteiger partial charge in [0.1, 0.15) is 0 Å². The topological polar surface area (TPSA) is 43.4 Å². The molecule has 0 radical (unpaired) electrons. The molecule has 0 aromatic heterocycles. The molecule has 0 fully saturated rings. The van der Waals surface area contributed by atoms with Gasteiger partial charge in [0.2, 0.25) is 5.78 Å². The quantitative estimate of drug-likeness (QED) is 0.452. The number of benzene rings is 1. The average molecular weight is 232 g/mol. The molecule has 0 saturated carbocycles. The standard InChI is InChI=1S/C10H7F3O3/c1-16-10(15)8(13)9(14)5-2-3-6(11)7(12)4-5/h2-4,8H,1H3. The number of ketones is 1. The highest BCUT2D eigenvalue weighted by Gasteiger charge is 2.28. The van der Waals surface area contributed by atoms with Crippen molar-refractivity contribution in [2.24, 2.45) is 0 Å². The zero-order valence-electron chi connectivity index (χ0n) is 8.17. The Balaban J connectivity index is 2.97. The maximum Gasteiger partial charge on any atom is 0.348 e. The van der Waals surface area contributed by atoms with Gasteiger partial charge in [-0.3, -0.25) is 4.79 Å². The summed E-state index contributed by atoms with van der Waals surface area (Å²) in [6, 6.07) is 2.08. The highest BCUT2D eigenvalue weighted by molar-refractivity contribution is 6.10. The second-order valence-corrected chi connectivity index (χ2v) is 2.88.